The number of amides is 4. The minimum Gasteiger partial charge on any atom is -0.497 e. The molecule has 5 rings (SSSR count). The van der Waals surface area contributed by atoms with E-state index in [-0.39, 0.29) is 59.5 Å². The number of nitrogens with one attached hydrogen (secondary N) is 2. The summed E-state index contributed by atoms with van der Waals surface area (Å²) in [5, 5.41) is 5.38. The van der Waals surface area contributed by atoms with Gasteiger partial charge in [-0.1, -0.05) is 30.7 Å². The third-order valence-electron chi connectivity index (χ3n) is 8.78. The summed E-state index contributed by atoms with van der Waals surface area (Å²) in [4.78, 5) is 69.2. The van der Waals surface area contributed by atoms with Gasteiger partial charge in [0.25, 0.3) is 5.56 Å². The molecule has 3 heterocycles. The van der Waals surface area contributed by atoms with E-state index >= 15 is 0 Å². The van der Waals surface area contributed by atoms with Gasteiger partial charge in [-0.15, -0.1) is 0 Å². The van der Waals surface area contributed by atoms with E-state index in [0.717, 1.165) is 32.2 Å². The van der Waals surface area contributed by atoms with Gasteiger partial charge in [-0.05, 0) is 56.0 Å². The van der Waals surface area contributed by atoms with Gasteiger partial charge in [0.2, 0.25) is 11.8 Å². The third-order valence-corrected chi connectivity index (χ3v) is 9.17. The summed E-state index contributed by atoms with van der Waals surface area (Å²) in [6, 6.07) is 8.52. The molecular weight excluding hydrogens is 631 g/mol. The monoisotopic (exact) mass is 668 g/mol. The van der Waals surface area contributed by atoms with Gasteiger partial charge in [0.05, 0.1) is 23.7 Å². The fourth-order valence-corrected chi connectivity index (χ4v) is 6.30. The van der Waals surface area contributed by atoms with Crippen molar-refractivity contribution >= 4 is 35.1 Å². The largest absolute Gasteiger partial charge is 0.497 e. The standard InChI is InChI=1S/C33H38ClFN6O6/c1-4-28(42)36-17-20(2)41-31(44)25(24-6-5-7-26(35)30(24)34)18-39(33(41)46)19-29(43)38-13-11-22(12-14-38)40-15-10-21-16-23(47-3)8-9-27(21)37-32(40)45/h5-9,16,18,20,22H,4,10-15,17,19H2,1-3H3,(H,36,42)(H,37,45)/t20-/m0/s1. The summed E-state index contributed by atoms with van der Waals surface area (Å²) in [5.74, 6) is -0.622. The number of rotatable bonds is 9. The Kier molecular flexibility index (Phi) is 10.3. The first-order chi connectivity index (χ1) is 22.5. The average molecular weight is 669 g/mol. The van der Waals surface area contributed by atoms with Crippen molar-refractivity contribution in [2.45, 2.75) is 58.2 Å². The van der Waals surface area contributed by atoms with Crippen molar-refractivity contribution in [2.75, 3.05) is 38.6 Å². The number of fused-ring (bicyclic) bond motifs is 1. The molecule has 47 heavy (non-hydrogen) atoms. The Labute approximate surface area is 276 Å². The molecule has 1 saturated heterocycles. The fraction of sp³-hybridized carbons (Fsp3) is 0.424. The normalized spacial score (nSPS) is 15.8. The van der Waals surface area contributed by atoms with Gasteiger partial charge in [0.1, 0.15) is 18.1 Å². The van der Waals surface area contributed by atoms with Crippen molar-refractivity contribution in [1.82, 2.24) is 24.3 Å². The second kappa shape index (κ2) is 14.4. The smallest absolute Gasteiger partial charge is 0.331 e. The van der Waals surface area contributed by atoms with Crippen LogP contribution >= 0.6 is 11.6 Å². The molecule has 1 atom stereocenters. The number of aromatic nitrogens is 2. The van der Waals surface area contributed by atoms with Gasteiger partial charge >= 0.3 is 11.7 Å². The van der Waals surface area contributed by atoms with E-state index in [9.17, 15) is 28.4 Å². The molecule has 0 radical (unpaired) electrons. The lowest BCUT2D eigenvalue weighted by molar-refractivity contribution is -0.133. The number of piperidine rings is 1. The first-order valence-corrected chi connectivity index (χ1v) is 16.0. The van der Waals surface area contributed by atoms with E-state index in [4.69, 9.17) is 16.3 Å². The lowest BCUT2D eigenvalue weighted by Crippen LogP contribution is -2.51. The SMILES string of the molecule is CCC(=O)NC[C@H](C)n1c(=O)c(-c2cccc(F)c2Cl)cn(CC(=O)N2CCC(N3CCc4cc(OC)ccc4NC3=O)CC2)c1=O. The number of nitrogens with zero attached hydrogens (tertiary/aromatic N) is 4. The van der Waals surface area contributed by atoms with Gasteiger partial charge in [0, 0.05) is 56.1 Å². The lowest BCUT2D eigenvalue weighted by atomic mass is 10.0. The topological polar surface area (TPSA) is 135 Å². The van der Waals surface area contributed by atoms with Crippen LogP contribution in [0.3, 0.4) is 0 Å². The van der Waals surface area contributed by atoms with E-state index in [0.29, 0.717) is 38.9 Å². The number of likely N-dealkylation sites (tertiary alicyclic amines) is 1. The number of carbonyl (C=O) groups excluding carboxylic acids is 3. The van der Waals surface area contributed by atoms with Crippen molar-refractivity contribution in [2.24, 2.45) is 0 Å². The van der Waals surface area contributed by atoms with Crippen molar-refractivity contribution in [3.05, 3.63) is 79.8 Å². The number of hydrogen-bond acceptors (Lipinski definition) is 6. The number of urea groups is 1. The summed E-state index contributed by atoms with van der Waals surface area (Å²) in [7, 11) is 1.60. The van der Waals surface area contributed by atoms with E-state index in [1.807, 2.05) is 17.0 Å². The van der Waals surface area contributed by atoms with Gasteiger partial charge in [0.15, 0.2) is 0 Å². The predicted octanol–water partition coefficient (Wildman–Crippen LogP) is 3.65. The minimum absolute atomic E-state index is 0.00762. The molecule has 0 saturated carbocycles. The Morgan fingerprint density at radius 1 is 1.11 bits per heavy atom. The lowest BCUT2D eigenvalue weighted by Gasteiger charge is -2.38. The van der Waals surface area contributed by atoms with Crippen LogP contribution in [0.15, 0.2) is 52.2 Å². The van der Waals surface area contributed by atoms with Crippen molar-refractivity contribution in [3.63, 3.8) is 0 Å². The molecule has 0 unspecified atom stereocenters. The maximum atomic E-state index is 14.4. The highest BCUT2D eigenvalue weighted by Crippen LogP contribution is 2.29. The van der Waals surface area contributed by atoms with Crippen LogP contribution in [0.1, 0.15) is 44.7 Å². The summed E-state index contributed by atoms with van der Waals surface area (Å²) >= 11 is 6.23. The average Bonchev–Trinajstić information content (AvgIpc) is 3.23. The van der Waals surface area contributed by atoms with Crippen LogP contribution in [0, 0.1) is 5.82 Å². The summed E-state index contributed by atoms with van der Waals surface area (Å²) in [6.45, 7) is 4.14. The zero-order valence-electron chi connectivity index (χ0n) is 26.6. The van der Waals surface area contributed by atoms with Crippen LogP contribution in [0.2, 0.25) is 5.02 Å². The van der Waals surface area contributed by atoms with E-state index in [1.165, 1.54) is 18.3 Å². The van der Waals surface area contributed by atoms with Gasteiger partial charge in [-0.3, -0.25) is 23.5 Å². The van der Waals surface area contributed by atoms with Crippen molar-refractivity contribution in [1.29, 1.82) is 0 Å². The van der Waals surface area contributed by atoms with Crippen LogP contribution in [-0.2, 0) is 22.6 Å². The van der Waals surface area contributed by atoms with Crippen molar-refractivity contribution < 1.29 is 23.5 Å². The van der Waals surface area contributed by atoms with Crippen LogP contribution in [0.4, 0.5) is 14.9 Å². The molecule has 3 aromatic rings. The highest BCUT2D eigenvalue weighted by molar-refractivity contribution is 6.33. The quantitative estimate of drug-likeness (QED) is 0.358. The Morgan fingerprint density at radius 2 is 1.85 bits per heavy atom. The number of benzene rings is 2. The second-order valence-electron chi connectivity index (χ2n) is 11.7. The molecule has 4 amide bonds. The molecule has 2 aliphatic rings. The summed E-state index contributed by atoms with van der Waals surface area (Å²) in [6.07, 6.45) is 3.21. The second-order valence-corrected chi connectivity index (χ2v) is 12.1. The maximum absolute atomic E-state index is 14.4. The molecule has 2 aromatic carbocycles. The third kappa shape index (κ3) is 7.19. The van der Waals surface area contributed by atoms with Gasteiger partial charge in [-0.25, -0.2) is 14.0 Å². The first kappa shape index (κ1) is 33.7. The molecular formula is C33H38ClFN6O6. The molecule has 0 spiro atoms. The van der Waals surface area contributed by atoms with Crippen LogP contribution < -0.4 is 26.6 Å². The Balaban J connectivity index is 1.34. The Morgan fingerprint density at radius 3 is 2.55 bits per heavy atom. The van der Waals surface area contributed by atoms with E-state index < -0.39 is 23.1 Å². The molecule has 14 heteroatoms. The molecule has 1 aromatic heterocycles. The molecule has 2 N–H and O–H groups in total. The molecule has 1 fully saturated rings. The van der Waals surface area contributed by atoms with Crippen LogP contribution in [0.5, 0.6) is 5.75 Å². The highest BCUT2D eigenvalue weighted by Gasteiger charge is 2.32. The molecule has 2 aliphatic heterocycles. The molecule has 0 aliphatic carbocycles. The van der Waals surface area contributed by atoms with Crippen LogP contribution in [-0.4, -0.2) is 76.1 Å². The Hall–Kier alpha value is -4.65. The number of carbonyl (C=O) groups is 3. The van der Waals surface area contributed by atoms with E-state index in [1.54, 1.807) is 31.9 Å². The first-order valence-electron chi connectivity index (χ1n) is 15.6. The molecule has 12 nitrogen and oxygen atoms in total. The van der Waals surface area contributed by atoms with Crippen LogP contribution in [0.25, 0.3) is 11.1 Å². The zero-order valence-corrected chi connectivity index (χ0v) is 27.3. The maximum Gasteiger partial charge on any atom is 0.331 e. The number of anilines is 1. The number of methoxy groups -OCH3 is 1. The number of hydrogen-bond donors (Lipinski definition) is 2. The molecule has 0 bridgehead atoms. The number of ether oxygens (including phenoxy) is 1. The summed E-state index contributed by atoms with van der Waals surface area (Å²) < 4.78 is 21.8. The zero-order chi connectivity index (χ0) is 33.8. The molecule has 250 valence electrons. The van der Waals surface area contributed by atoms with Gasteiger partial charge < -0.3 is 25.2 Å². The number of halogens is 2. The Bertz CT molecular complexity index is 1800. The van der Waals surface area contributed by atoms with Gasteiger partial charge in [-0.2, -0.15) is 0 Å². The minimum atomic E-state index is -0.776. The summed E-state index contributed by atoms with van der Waals surface area (Å²) in [5.41, 5.74) is 0.291. The van der Waals surface area contributed by atoms with Crippen molar-refractivity contribution in [3.8, 4) is 16.9 Å². The highest BCUT2D eigenvalue weighted by atomic mass is 35.5. The predicted molar refractivity (Wildman–Crippen MR) is 175 cm³/mol. The fourth-order valence-electron chi connectivity index (χ4n) is 6.07. The van der Waals surface area contributed by atoms with E-state index in [2.05, 4.69) is 10.6 Å².